The number of carbonyl (C=O) groups excluding carboxylic acids is 1. The summed E-state index contributed by atoms with van der Waals surface area (Å²) in [5.41, 5.74) is -1.59. The normalized spacial score (nSPS) is 21.7. The molecule has 150 valence electrons. The number of ether oxygens (including phenoxy) is 1. The van der Waals surface area contributed by atoms with Crippen LogP contribution in [0.5, 0.6) is 0 Å². The summed E-state index contributed by atoms with van der Waals surface area (Å²) in [7, 11) is 0. The van der Waals surface area contributed by atoms with Gasteiger partial charge in [0, 0.05) is 30.6 Å². The van der Waals surface area contributed by atoms with Crippen LogP contribution in [0.3, 0.4) is 0 Å². The van der Waals surface area contributed by atoms with Crippen LogP contribution in [-0.4, -0.2) is 39.4 Å². The summed E-state index contributed by atoms with van der Waals surface area (Å²) in [5, 5.41) is 0. The van der Waals surface area contributed by atoms with Gasteiger partial charge in [0.15, 0.2) is 0 Å². The lowest BCUT2D eigenvalue weighted by Crippen LogP contribution is -2.54. The average Bonchev–Trinajstić information content (AvgIpc) is 2.57. The highest BCUT2D eigenvalue weighted by atomic mass is 79.9. The van der Waals surface area contributed by atoms with Crippen molar-refractivity contribution in [2.75, 3.05) is 11.4 Å². The topological polar surface area (TPSA) is 68.2 Å². The van der Waals surface area contributed by atoms with E-state index in [1.165, 1.54) is 35.6 Å². The summed E-state index contributed by atoms with van der Waals surface area (Å²) in [4.78, 5) is 26.5. The number of nitrogens with zero attached hydrogens (tertiary/aromatic N) is 4. The second-order valence-electron chi connectivity index (χ2n) is 7.89. The highest BCUT2D eigenvalue weighted by Gasteiger charge is 2.51. The predicted octanol–water partition coefficient (Wildman–Crippen LogP) is 4.58. The van der Waals surface area contributed by atoms with Gasteiger partial charge < -0.3 is 4.74 Å². The van der Waals surface area contributed by atoms with Gasteiger partial charge in [0.25, 0.3) is 0 Å². The van der Waals surface area contributed by atoms with E-state index in [1.807, 2.05) is 0 Å². The average molecular weight is 455 g/mol. The van der Waals surface area contributed by atoms with Crippen molar-refractivity contribution < 1.29 is 18.3 Å². The van der Waals surface area contributed by atoms with E-state index < -0.39 is 29.1 Å². The number of alkyl halides is 1. The molecule has 1 aliphatic carbocycles. The minimum atomic E-state index is -1.09. The molecule has 1 amide bonds. The first-order valence-electron chi connectivity index (χ1n) is 8.83. The van der Waals surface area contributed by atoms with Crippen molar-refractivity contribution in [1.29, 1.82) is 0 Å². The summed E-state index contributed by atoms with van der Waals surface area (Å²) < 4.78 is 34.5. The molecule has 0 unspecified atom stereocenters. The van der Waals surface area contributed by atoms with Crippen molar-refractivity contribution in [3.63, 3.8) is 0 Å². The Kier molecular flexibility index (Phi) is 5.65. The lowest BCUT2D eigenvalue weighted by molar-refractivity contribution is 0.0505. The van der Waals surface area contributed by atoms with E-state index in [0.717, 1.165) is 0 Å². The molecule has 0 atom stereocenters. The van der Waals surface area contributed by atoms with Gasteiger partial charge in [-0.2, -0.15) is 0 Å². The van der Waals surface area contributed by atoms with Gasteiger partial charge in [-0.1, -0.05) is 0 Å². The molecule has 2 aromatic rings. The zero-order valence-electron chi connectivity index (χ0n) is 15.8. The Hall–Kier alpha value is -2.16. The van der Waals surface area contributed by atoms with Crippen LogP contribution in [0, 0.1) is 5.82 Å². The molecule has 9 heteroatoms. The molecule has 0 spiro atoms. The van der Waals surface area contributed by atoms with Crippen LogP contribution < -0.4 is 4.90 Å². The van der Waals surface area contributed by atoms with Crippen LogP contribution in [0.1, 0.15) is 39.3 Å². The Morgan fingerprint density at radius 3 is 2.50 bits per heavy atom. The maximum Gasteiger partial charge on any atom is 0.417 e. The molecule has 1 fully saturated rings. The maximum atomic E-state index is 14.5. The zero-order valence-corrected chi connectivity index (χ0v) is 17.4. The Morgan fingerprint density at radius 2 is 1.96 bits per heavy atom. The van der Waals surface area contributed by atoms with Crippen LogP contribution in [0.25, 0.3) is 0 Å². The third-order valence-corrected chi connectivity index (χ3v) is 4.82. The molecule has 28 heavy (non-hydrogen) atoms. The molecule has 2 heterocycles. The van der Waals surface area contributed by atoms with Crippen molar-refractivity contribution in [3.05, 3.63) is 46.7 Å². The molecule has 6 nitrogen and oxygen atoms in total. The van der Waals surface area contributed by atoms with Crippen LogP contribution in [0.15, 0.2) is 35.2 Å². The maximum absolute atomic E-state index is 14.5. The highest BCUT2D eigenvalue weighted by Crippen LogP contribution is 2.46. The summed E-state index contributed by atoms with van der Waals surface area (Å²) in [5.74, 6) is -0.439. The summed E-state index contributed by atoms with van der Waals surface area (Å²) in [6, 6.07) is 2.76. The molecule has 0 N–H and O–H groups in total. The van der Waals surface area contributed by atoms with Gasteiger partial charge in [0.1, 0.15) is 17.6 Å². The quantitative estimate of drug-likeness (QED) is 0.675. The molecule has 3 rings (SSSR count). The molecule has 0 bridgehead atoms. The minimum Gasteiger partial charge on any atom is -0.443 e. The molecular formula is C19H21BrF2N4O2. The van der Waals surface area contributed by atoms with E-state index in [-0.39, 0.29) is 31.0 Å². The second-order valence-corrected chi connectivity index (χ2v) is 8.80. The molecule has 0 aromatic carbocycles. The van der Waals surface area contributed by atoms with E-state index >= 15 is 0 Å². The van der Waals surface area contributed by atoms with E-state index in [0.29, 0.717) is 4.47 Å². The molecule has 0 aliphatic heterocycles. The molecule has 2 aromatic heterocycles. The van der Waals surface area contributed by atoms with Crippen molar-refractivity contribution in [1.82, 2.24) is 15.0 Å². The van der Waals surface area contributed by atoms with Crippen LogP contribution in [0.4, 0.5) is 19.5 Å². The summed E-state index contributed by atoms with van der Waals surface area (Å²) in [6.07, 6.45) is 2.77. The van der Waals surface area contributed by atoms with Gasteiger partial charge in [-0.3, -0.25) is 4.98 Å². The molecule has 0 radical (unpaired) electrons. The van der Waals surface area contributed by atoms with Gasteiger partial charge in [0.05, 0.1) is 10.2 Å². The second kappa shape index (κ2) is 7.69. The largest absolute Gasteiger partial charge is 0.443 e. The number of pyridine rings is 1. The SMILES string of the molecule is CC(C)(C)OC(=O)N(C[C@]1(c2ncccc2F)C[C@@H](F)C1)c1ncc(Br)cn1. The van der Waals surface area contributed by atoms with Gasteiger partial charge in [-0.05, 0) is 61.7 Å². The third-order valence-electron chi connectivity index (χ3n) is 4.41. The number of rotatable bonds is 4. The van der Waals surface area contributed by atoms with Crippen LogP contribution in [0.2, 0.25) is 0 Å². The van der Waals surface area contributed by atoms with Gasteiger partial charge >= 0.3 is 6.09 Å². The first-order chi connectivity index (χ1) is 13.1. The fraction of sp³-hybridized carbons (Fsp3) is 0.474. The smallest absolute Gasteiger partial charge is 0.417 e. The number of carbonyl (C=O) groups is 1. The highest BCUT2D eigenvalue weighted by molar-refractivity contribution is 9.10. The fourth-order valence-electron chi connectivity index (χ4n) is 3.24. The first kappa shape index (κ1) is 20.6. The minimum absolute atomic E-state index is 0.0438. The number of hydrogen-bond donors (Lipinski definition) is 0. The molecule has 1 aliphatic rings. The third kappa shape index (κ3) is 4.45. The van der Waals surface area contributed by atoms with Crippen LogP contribution in [-0.2, 0) is 10.2 Å². The first-order valence-corrected chi connectivity index (χ1v) is 9.62. The van der Waals surface area contributed by atoms with Gasteiger partial charge in [-0.25, -0.2) is 28.4 Å². The van der Waals surface area contributed by atoms with E-state index in [4.69, 9.17) is 4.74 Å². The van der Waals surface area contributed by atoms with Crippen molar-refractivity contribution in [3.8, 4) is 0 Å². The van der Waals surface area contributed by atoms with Crippen molar-refractivity contribution in [2.45, 2.75) is 50.8 Å². The number of hydrogen-bond acceptors (Lipinski definition) is 5. The Bertz CT molecular complexity index is 852. The number of amides is 1. The summed E-state index contributed by atoms with van der Waals surface area (Å²) >= 11 is 3.25. The lowest BCUT2D eigenvalue weighted by Gasteiger charge is -2.45. The monoisotopic (exact) mass is 454 g/mol. The van der Waals surface area contributed by atoms with E-state index in [9.17, 15) is 13.6 Å². The van der Waals surface area contributed by atoms with Gasteiger partial charge in [0.2, 0.25) is 5.95 Å². The fourth-order valence-corrected chi connectivity index (χ4v) is 3.45. The Morgan fingerprint density at radius 1 is 1.32 bits per heavy atom. The van der Waals surface area contributed by atoms with E-state index in [2.05, 4.69) is 30.9 Å². The van der Waals surface area contributed by atoms with Crippen LogP contribution >= 0.6 is 15.9 Å². The number of halogens is 3. The molecule has 0 saturated heterocycles. The molecular weight excluding hydrogens is 434 g/mol. The standard InChI is InChI=1S/C19H21BrF2N4O2/c1-18(2,3)28-17(27)26(16-24-9-12(20)10-25-16)11-19(7-13(21)8-19)15-14(22)5-4-6-23-15/h4-6,9-10,13H,7-8,11H2,1-3H3/t13-,19+. The van der Waals surface area contributed by atoms with Crippen molar-refractivity contribution >= 4 is 28.0 Å². The van der Waals surface area contributed by atoms with Crippen molar-refractivity contribution in [2.24, 2.45) is 0 Å². The Balaban J connectivity index is 1.98. The number of aromatic nitrogens is 3. The zero-order chi connectivity index (χ0) is 20.5. The van der Waals surface area contributed by atoms with E-state index in [1.54, 1.807) is 20.8 Å². The predicted molar refractivity (Wildman–Crippen MR) is 103 cm³/mol. The number of anilines is 1. The van der Waals surface area contributed by atoms with Gasteiger partial charge in [-0.15, -0.1) is 0 Å². The Labute approximate surface area is 170 Å². The molecule has 1 saturated carbocycles. The summed E-state index contributed by atoms with van der Waals surface area (Å²) in [6.45, 7) is 5.17. The lowest BCUT2D eigenvalue weighted by atomic mass is 9.64.